The van der Waals surface area contributed by atoms with Gasteiger partial charge in [0.1, 0.15) is 12.2 Å². The molecule has 2 aromatic rings. The second kappa shape index (κ2) is 6.32. The Morgan fingerprint density at radius 2 is 1.67 bits per heavy atom. The highest BCUT2D eigenvalue weighted by molar-refractivity contribution is 7.89. The van der Waals surface area contributed by atoms with Gasteiger partial charge < -0.3 is 0 Å². The Hall–Kier alpha value is -2.44. The van der Waals surface area contributed by atoms with E-state index in [1.165, 1.54) is 4.31 Å². The van der Waals surface area contributed by atoms with Gasteiger partial charge in [0.05, 0.1) is 4.90 Å². The third-order valence-corrected chi connectivity index (χ3v) is 7.05. The van der Waals surface area contributed by atoms with E-state index < -0.39 is 22.2 Å². The van der Waals surface area contributed by atoms with Crippen LogP contribution in [-0.4, -0.2) is 29.6 Å². The third-order valence-electron chi connectivity index (χ3n) is 5.20. The molecule has 2 heterocycles. The van der Waals surface area contributed by atoms with E-state index >= 15 is 0 Å². The van der Waals surface area contributed by atoms with Crippen molar-refractivity contribution in [2.24, 2.45) is 5.92 Å². The number of amides is 1. The molecule has 0 N–H and O–H groups in total. The molecule has 0 bridgehead atoms. The van der Waals surface area contributed by atoms with Gasteiger partial charge in [-0.05, 0) is 42.2 Å². The summed E-state index contributed by atoms with van der Waals surface area (Å²) < 4.78 is 28.6. The summed E-state index contributed by atoms with van der Waals surface area (Å²) in [6, 6.07) is 13.7. The van der Waals surface area contributed by atoms with E-state index in [4.69, 9.17) is 0 Å². The summed E-state index contributed by atoms with van der Waals surface area (Å²) in [5.74, 6) is -0.333. The van der Waals surface area contributed by atoms with Crippen LogP contribution in [0.2, 0.25) is 0 Å². The van der Waals surface area contributed by atoms with E-state index in [0.29, 0.717) is 0 Å². The van der Waals surface area contributed by atoms with Crippen LogP contribution in [0.5, 0.6) is 0 Å². The zero-order valence-corrected chi connectivity index (χ0v) is 16.3. The molecule has 2 aliphatic heterocycles. The number of sulfonamides is 1. The molecule has 4 rings (SSSR count). The topological polar surface area (TPSA) is 57.7 Å². The predicted molar refractivity (Wildman–Crippen MR) is 104 cm³/mol. The molecular formula is C21H22N2O3S. The monoisotopic (exact) mass is 382 g/mol. The smallest absolute Gasteiger partial charge is 0.246 e. The van der Waals surface area contributed by atoms with E-state index in [1.807, 2.05) is 51.1 Å². The first-order chi connectivity index (χ1) is 12.8. The number of benzene rings is 2. The summed E-state index contributed by atoms with van der Waals surface area (Å²) in [5.41, 5.74) is 2.74. The lowest BCUT2D eigenvalue weighted by atomic mass is 10.0. The van der Waals surface area contributed by atoms with Crippen LogP contribution in [0, 0.1) is 12.8 Å². The highest BCUT2D eigenvalue weighted by Gasteiger charge is 2.54. The minimum atomic E-state index is -3.86. The van der Waals surface area contributed by atoms with Crippen LogP contribution in [0.3, 0.4) is 0 Å². The molecule has 0 aliphatic carbocycles. The Balaban J connectivity index is 1.91. The minimum Gasteiger partial charge on any atom is -0.296 e. The Morgan fingerprint density at radius 3 is 2.33 bits per heavy atom. The minimum absolute atomic E-state index is 0.149. The summed E-state index contributed by atoms with van der Waals surface area (Å²) in [7, 11) is -3.86. The molecule has 1 fully saturated rings. The molecule has 6 heteroatoms. The first-order valence-corrected chi connectivity index (χ1v) is 10.5. The van der Waals surface area contributed by atoms with Crippen molar-refractivity contribution < 1.29 is 13.2 Å². The molecule has 1 saturated heterocycles. The van der Waals surface area contributed by atoms with Gasteiger partial charge in [-0.25, -0.2) is 8.42 Å². The van der Waals surface area contributed by atoms with Gasteiger partial charge in [0.25, 0.3) is 0 Å². The van der Waals surface area contributed by atoms with Crippen molar-refractivity contribution in [2.45, 2.75) is 37.9 Å². The van der Waals surface area contributed by atoms with Crippen molar-refractivity contribution in [3.63, 3.8) is 0 Å². The van der Waals surface area contributed by atoms with Crippen LogP contribution in [0.15, 0.2) is 59.6 Å². The molecular weight excluding hydrogens is 360 g/mol. The SMILES string of the molecule is Cc1ccc(S(=O)(=O)N2[C@@H](C(C)C)C(=O)N3C=Cc4ccccc4[C@H]32)cc1. The van der Waals surface area contributed by atoms with Gasteiger partial charge in [0.15, 0.2) is 0 Å². The van der Waals surface area contributed by atoms with E-state index in [1.54, 1.807) is 35.4 Å². The van der Waals surface area contributed by atoms with Gasteiger partial charge in [-0.2, -0.15) is 4.31 Å². The largest absolute Gasteiger partial charge is 0.296 e. The van der Waals surface area contributed by atoms with Crippen molar-refractivity contribution in [2.75, 3.05) is 0 Å². The summed E-state index contributed by atoms with van der Waals surface area (Å²) in [5, 5.41) is 0. The third kappa shape index (κ3) is 2.71. The molecule has 27 heavy (non-hydrogen) atoms. The maximum absolute atomic E-state index is 13.6. The van der Waals surface area contributed by atoms with Gasteiger partial charge in [-0.1, -0.05) is 55.8 Å². The maximum atomic E-state index is 13.6. The van der Waals surface area contributed by atoms with Crippen molar-refractivity contribution in [1.29, 1.82) is 0 Å². The van der Waals surface area contributed by atoms with Crippen molar-refractivity contribution in [1.82, 2.24) is 9.21 Å². The first kappa shape index (κ1) is 17.9. The molecule has 140 valence electrons. The predicted octanol–water partition coefficient (Wildman–Crippen LogP) is 3.54. The molecule has 0 saturated carbocycles. The average molecular weight is 382 g/mol. The second-order valence-electron chi connectivity index (χ2n) is 7.40. The van der Waals surface area contributed by atoms with Crippen LogP contribution in [0.1, 0.15) is 36.7 Å². The fraction of sp³-hybridized carbons (Fsp3) is 0.286. The number of rotatable bonds is 3. The van der Waals surface area contributed by atoms with Crippen LogP contribution >= 0.6 is 0 Å². The van der Waals surface area contributed by atoms with Gasteiger partial charge in [-0.3, -0.25) is 9.69 Å². The van der Waals surface area contributed by atoms with Gasteiger partial charge in [0, 0.05) is 6.20 Å². The van der Waals surface area contributed by atoms with Crippen molar-refractivity contribution >= 4 is 22.0 Å². The number of carbonyl (C=O) groups excluding carboxylic acids is 1. The number of nitrogens with zero attached hydrogens (tertiary/aromatic N) is 2. The summed E-state index contributed by atoms with van der Waals surface area (Å²) in [4.78, 5) is 14.9. The van der Waals surface area contributed by atoms with Crippen LogP contribution < -0.4 is 0 Å². The van der Waals surface area contributed by atoms with Gasteiger partial charge >= 0.3 is 0 Å². The molecule has 2 atom stereocenters. The van der Waals surface area contributed by atoms with E-state index in [9.17, 15) is 13.2 Å². The Morgan fingerprint density at radius 1 is 1.00 bits per heavy atom. The average Bonchev–Trinajstić information content (AvgIpc) is 2.96. The quantitative estimate of drug-likeness (QED) is 0.816. The van der Waals surface area contributed by atoms with Gasteiger partial charge in [-0.15, -0.1) is 0 Å². The highest BCUT2D eigenvalue weighted by Crippen LogP contribution is 2.44. The molecule has 2 aromatic carbocycles. The fourth-order valence-corrected chi connectivity index (χ4v) is 5.68. The van der Waals surface area contributed by atoms with Gasteiger partial charge in [0.2, 0.25) is 15.9 Å². The van der Waals surface area contributed by atoms with Crippen LogP contribution in [-0.2, 0) is 14.8 Å². The summed E-state index contributed by atoms with van der Waals surface area (Å²) in [6.45, 7) is 5.68. The summed E-state index contributed by atoms with van der Waals surface area (Å²) >= 11 is 0. The number of fused-ring (bicyclic) bond motifs is 3. The van der Waals surface area contributed by atoms with E-state index in [2.05, 4.69) is 0 Å². The molecule has 5 nitrogen and oxygen atoms in total. The number of aryl methyl sites for hydroxylation is 1. The first-order valence-electron chi connectivity index (χ1n) is 9.02. The maximum Gasteiger partial charge on any atom is 0.246 e. The van der Waals surface area contributed by atoms with Crippen LogP contribution in [0.4, 0.5) is 0 Å². The zero-order chi connectivity index (χ0) is 19.3. The van der Waals surface area contributed by atoms with Crippen molar-refractivity contribution in [3.05, 3.63) is 71.4 Å². The Kier molecular flexibility index (Phi) is 4.20. The number of hydrogen-bond acceptors (Lipinski definition) is 3. The molecule has 0 unspecified atom stereocenters. The number of carbonyl (C=O) groups is 1. The van der Waals surface area contributed by atoms with E-state index in [-0.39, 0.29) is 16.7 Å². The molecule has 0 spiro atoms. The Bertz CT molecular complexity index is 1030. The van der Waals surface area contributed by atoms with Crippen LogP contribution in [0.25, 0.3) is 6.08 Å². The lowest BCUT2D eigenvalue weighted by molar-refractivity contribution is -0.128. The molecule has 0 radical (unpaired) electrons. The fourth-order valence-electron chi connectivity index (χ4n) is 3.85. The number of hydrogen-bond donors (Lipinski definition) is 0. The standard InChI is InChI=1S/C21H22N2O3S/c1-14(2)19-21(24)22-13-12-16-6-4-5-7-18(16)20(22)23(19)27(25,26)17-10-8-15(3)9-11-17/h4-14,19-20H,1-3H3/t19-,20+/m0/s1. The highest BCUT2D eigenvalue weighted by atomic mass is 32.2. The lowest BCUT2D eigenvalue weighted by Crippen LogP contribution is -2.42. The Labute approximate surface area is 160 Å². The normalized spacial score (nSPS) is 22.2. The lowest BCUT2D eigenvalue weighted by Gasteiger charge is -2.33. The summed E-state index contributed by atoms with van der Waals surface area (Å²) in [6.07, 6.45) is 2.91. The van der Waals surface area contributed by atoms with Crippen molar-refractivity contribution in [3.8, 4) is 0 Å². The zero-order valence-electron chi connectivity index (χ0n) is 15.5. The second-order valence-corrected chi connectivity index (χ2v) is 9.24. The van der Waals surface area contributed by atoms with E-state index in [0.717, 1.165) is 16.7 Å². The molecule has 2 aliphatic rings. The molecule has 0 aromatic heterocycles. The molecule has 1 amide bonds.